The molecule has 0 unspecified atom stereocenters. The van der Waals surface area contributed by atoms with E-state index >= 15 is 0 Å². The molecule has 15 heavy (non-hydrogen) atoms. The molecule has 0 saturated heterocycles. The molecule has 1 rings (SSSR count). The maximum Gasteiger partial charge on any atom is 0.107 e. The molecule has 0 bridgehead atoms. The number of unbranched alkanes of at least 4 members (excludes halogenated alkanes) is 4. The molecule has 0 aromatic carbocycles. The van der Waals surface area contributed by atoms with Gasteiger partial charge >= 0.3 is 0 Å². The SMILES string of the molecule is ClC(Cl)CCCCCCCC1=NSCC1. The van der Waals surface area contributed by atoms with Gasteiger partial charge in [-0.3, -0.25) is 0 Å². The highest BCUT2D eigenvalue weighted by molar-refractivity contribution is 7.98. The minimum absolute atomic E-state index is 0.171. The van der Waals surface area contributed by atoms with E-state index in [9.17, 15) is 0 Å². The van der Waals surface area contributed by atoms with Gasteiger partial charge in [0, 0.05) is 11.5 Å². The quantitative estimate of drug-likeness (QED) is 0.342. The first-order valence-corrected chi connectivity index (χ1v) is 7.56. The van der Waals surface area contributed by atoms with Gasteiger partial charge in [-0.1, -0.05) is 25.7 Å². The molecule has 1 heterocycles. The first-order chi connectivity index (χ1) is 7.29. The van der Waals surface area contributed by atoms with Crippen molar-refractivity contribution in [3.8, 4) is 0 Å². The third-order valence-corrected chi connectivity index (χ3v) is 3.77. The van der Waals surface area contributed by atoms with Crippen LogP contribution in [0.3, 0.4) is 0 Å². The maximum atomic E-state index is 5.65. The molecule has 4 heteroatoms. The summed E-state index contributed by atoms with van der Waals surface area (Å²) in [6, 6.07) is 0. The molecular formula is C11H19Cl2NS. The van der Waals surface area contributed by atoms with Gasteiger partial charge in [0.2, 0.25) is 0 Å². The zero-order chi connectivity index (χ0) is 10.9. The van der Waals surface area contributed by atoms with Crippen LogP contribution in [-0.2, 0) is 0 Å². The van der Waals surface area contributed by atoms with Gasteiger partial charge < -0.3 is 0 Å². The fraction of sp³-hybridized carbons (Fsp3) is 0.909. The molecule has 0 aliphatic carbocycles. The number of hydrogen-bond donors (Lipinski definition) is 0. The van der Waals surface area contributed by atoms with Crippen molar-refractivity contribution in [3.63, 3.8) is 0 Å². The van der Waals surface area contributed by atoms with Crippen LogP contribution in [0.15, 0.2) is 4.40 Å². The Morgan fingerprint density at radius 2 is 1.87 bits per heavy atom. The van der Waals surface area contributed by atoms with E-state index < -0.39 is 0 Å². The number of alkyl halides is 2. The second-order valence-corrected chi connectivity index (χ2v) is 6.06. The van der Waals surface area contributed by atoms with Crippen LogP contribution < -0.4 is 0 Å². The normalized spacial score (nSPS) is 16.1. The molecule has 88 valence electrons. The lowest BCUT2D eigenvalue weighted by Gasteiger charge is -2.02. The van der Waals surface area contributed by atoms with Crippen molar-refractivity contribution in [3.05, 3.63) is 0 Å². The van der Waals surface area contributed by atoms with Gasteiger partial charge in [0.15, 0.2) is 0 Å². The van der Waals surface area contributed by atoms with E-state index in [0.717, 1.165) is 12.8 Å². The van der Waals surface area contributed by atoms with Crippen LogP contribution in [-0.4, -0.2) is 16.3 Å². The number of nitrogens with zero attached hydrogens (tertiary/aromatic N) is 1. The third kappa shape index (κ3) is 7.48. The molecule has 0 saturated carbocycles. The van der Waals surface area contributed by atoms with E-state index in [-0.39, 0.29) is 4.84 Å². The van der Waals surface area contributed by atoms with Gasteiger partial charge in [0.25, 0.3) is 0 Å². The number of rotatable bonds is 8. The van der Waals surface area contributed by atoms with Gasteiger partial charge in [-0.25, -0.2) is 4.40 Å². The summed E-state index contributed by atoms with van der Waals surface area (Å²) in [6.07, 6.45) is 9.70. The third-order valence-electron chi connectivity index (χ3n) is 2.56. The fourth-order valence-corrected chi connectivity index (χ4v) is 2.77. The van der Waals surface area contributed by atoms with Crippen molar-refractivity contribution >= 4 is 40.9 Å². The summed E-state index contributed by atoms with van der Waals surface area (Å²) in [4.78, 5) is -0.171. The van der Waals surface area contributed by atoms with Crippen LogP contribution in [0.5, 0.6) is 0 Å². The lowest BCUT2D eigenvalue weighted by molar-refractivity contribution is 0.611. The van der Waals surface area contributed by atoms with Gasteiger partial charge in [-0.2, -0.15) is 0 Å². The smallest absolute Gasteiger partial charge is 0.107 e. The van der Waals surface area contributed by atoms with E-state index in [1.807, 2.05) is 0 Å². The highest BCUT2D eigenvalue weighted by Crippen LogP contribution is 2.19. The van der Waals surface area contributed by atoms with Gasteiger partial charge in [-0.15, -0.1) is 23.2 Å². The Bertz CT molecular complexity index is 195. The molecular weight excluding hydrogens is 249 g/mol. The monoisotopic (exact) mass is 267 g/mol. The van der Waals surface area contributed by atoms with Gasteiger partial charge in [-0.05, 0) is 37.6 Å². The van der Waals surface area contributed by atoms with Crippen molar-refractivity contribution in [2.24, 2.45) is 4.40 Å². The Kier molecular flexibility index (Phi) is 7.94. The molecule has 1 aliphatic rings. The van der Waals surface area contributed by atoms with Crippen LogP contribution in [0.2, 0.25) is 0 Å². The first kappa shape index (κ1) is 13.7. The lowest BCUT2D eigenvalue weighted by Crippen LogP contribution is -1.94. The zero-order valence-corrected chi connectivity index (χ0v) is 11.4. The molecule has 0 aromatic rings. The standard InChI is InChI=1S/C11H19Cl2NS/c12-11(13)7-5-3-1-2-4-6-10-8-9-15-14-10/h11H,1-9H2. The largest absolute Gasteiger partial charge is 0.226 e. The Morgan fingerprint density at radius 3 is 2.53 bits per heavy atom. The summed E-state index contributed by atoms with van der Waals surface area (Å²) in [5.74, 6) is 1.20. The van der Waals surface area contributed by atoms with Crippen LogP contribution in [0, 0.1) is 0 Å². The minimum Gasteiger partial charge on any atom is -0.226 e. The Balaban J connectivity index is 1.81. The molecule has 0 atom stereocenters. The van der Waals surface area contributed by atoms with Crippen LogP contribution >= 0.6 is 35.1 Å². The molecule has 0 aromatic heterocycles. The van der Waals surface area contributed by atoms with Crippen molar-refractivity contribution in [2.75, 3.05) is 5.75 Å². The summed E-state index contributed by atoms with van der Waals surface area (Å²) in [6.45, 7) is 0. The van der Waals surface area contributed by atoms with Gasteiger partial charge in [0.05, 0.1) is 0 Å². The maximum absolute atomic E-state index is 5.65. The van der Waals surface area contributed by atoms with E-state index in [2.05, 4.69) is 4.40 Å². The molecule has 1 nitrogen and oxygen atoms in total. The van der Waals surface area contributed by atoms with Crippen LogP contribution in [0.25, 0.3) is 0 Å². The Hall–Kier alpha value is 0.600. The Morgan fingerprint density at radius 1 is 1.13 bits per heavy atom. The summed E-state index contributed by atoms with van der Waals surface area (Å²) in [5, 5.41) is 0. The predicted octanol–water partition coefficient (Wildman–Crippen LogP) is 5.01. The second-order valence-electron chi connectivity index (χ2n) is 3.94. The van der Waals surface area contributed by atoms with Crippen LogP contribution in [0.1, 0.15) is 51.4 Å². The van der Waals surface area contributed by atoms with E-state index in [0.29, 0.717) is 0 Å². The predicted molar refractivity (Wildman–Crippen MR) is 72.3 cm³/mol. The highest BCUT2D eigenvalue weighted by Gasteiger charge is 2.06. The molecule has 0 fully saturated rings. The van der Waals surface area contributed by atoms with Crippen molar-refractivity contribution in [2.45, 2.75) is 56.2 Å². The first-order valence-electron chi connectivity index (χ1n) is 5.75. The van der Waals surface area contributed by atoms with Crippen LogP contribution in [0.4, 0.5) is 0 Å². The number of halogens is 2. The fourth-order valence-electron chi connectivity index (χ4n) is 1.67. The molecule has 0 spiro atoms. The molecule has 0 amide bonds. The van der Waals surface area contributed by atoms with Crippen molar-refractivity contribution in [1.29, 1.82) is 0 Å². The molecule has 0 N–H and O–H groups in total. The average Bonchev–Trinajstić information content (AvgIpc) is 2.68. The Labute approximate surface area is 107 Å². The van der Waals surface area contributed by atoms with E-state index in [4.69, 9.17) is 23.2 Å². The number of hydrogen-bond acceptors (Lipinski definition) is 2. The van der Waals surface area contributed by atoms with Gasteiger partial charge in [0.1, 0.15) is 4.84 Å². The summed E-state index contributed by atoms with van der Waals surface area (Å²) < 4.78 is 4.39. The van der Waals surface area contributed by atoms with E-state index in [1.54, 1.807) is 11.9 Å². The molecule has 1 aliphatic heterocycles. The zero-order valence-electron chi connectivity index (χ0n) is 9.05. The summed E-state index contributed by atoms with van der Waals surface area (Å²) in [7, 11) is 0. The summed E-state index contributed by atoms with van der Waals surface area (Å²) in [5.41, 5.74) is 1.42. The minimum atomic E-state index is -0.171. The lowest BCUT2D eigenvalue weighted by atomic mass is 10.1. The highest BCUT2D eigenvalue weighted by atomic mass is 35.5. The van der Waals surface area contributed by atoms with Crippen molar-refractivity contribution < 1.29 is 0 Å². The topological polar surface area (TPSA) is 12.4 Å². The van der Waals surface area contributed by atoms with Crippen molar-refractivity contribution in [1.82, 2.24) is 0 Å². The molecule has 0 radical (unpaired) electrons. The van der Waals surface area contributed by atoms with E-state index in [1.165, 1.54) is 50.0 Å². The second kappa shape index (κ2) is 8.72. The average molecular weight is 268 g/mol. The summed E-state index contributed by atoms with van der Waals surface area (Å²) >= 11 is 13.0.